The van der Waals surface area contributed by atoms with Crippen molar-refractivity contribution in [3.63, 3.8) is 0 Å². The molecule has 2 aromatic rings. The molecule has 0 aliphatic carbocycles. The van der Waals surface area contributed by atoms with Crippen LogP contribution in [0.25, 0.3) is 5.69 Å². The van der Waals surface area contributed by atoms with Crippen LogP contribution in [0.2, 0.25) is 0 Å². The summed E-state index contributed by atoms with van der Waals surface area (Å²) in [6.45, 7) is 5.98. The summed E-state index contributed by atoms with van der Waals surface area (Å²) in [5, 5.41) is 3.19. The first-order chi connectivity index (χ1) is 9.40. The molecule has 2 rings (SSSR count). The van der Waals surface area contributed by atoms with Crippen molar-refractivity contribution in [2.24, 2.45) is 0 Å². The Morgan fingerprint density at radius 3 is 2.35 bits per heavy atom. The lowest BCUT2D eigenvalue weighted by molar-refractivity contribution is 0.107. The summed E-state index contributed by atoms with van der Waals surface area (Å²) in [7, 11) is 0. The number of nitrogens with zero attached hydrogens (tertiary/aromatic N) is 2. The molecule has 0 saturated carbocycles. The first kappa shape index (κ1) is 14.5. The summed E-state index contributed by atoms with van der Waals surface area (Å²) < 4.78 is 1.54. The third kappa shape index (κ3) is 2.80. The molecule has 0 saturated heterocycles. The van der Waals surface area contributed by atoms with Crippen LogP contribution in [0.3, 0.4) is 0 Å². The van der Waals surface area contributed by atoms with Crippen molar-refractivity contribution < 1.29 is 4.79 Å². The maximum absolute atomic E-state index is 11.6. The first-order valence-corrected chi connectivity index (χ1v) is 6.69. The van der Waals surface area contributed by atoms with Crippen molar-refractivity contribution >= 4 is 16.8 Å². The van der Waals surface area contributed by atoms with E-state index in [0.29, 0.717) is 11.6 Å². The molecule has 0 amide bonds. The van der Waals surface area contributed by atoms with Gasteiger partial charge in [0.05, 0.1) is 5.69 Å². The lowest BCUT2D eigenvalue weighted by atomic mass is 10.0. The fraction of sp³-hybridized carbons (Fsp3) is 0.267. The molecule has 1 aromatic carbocycles. The van der Waals surface area contributed by atoms with E-state index in [1.165, 1.54) is 11.6 Å². The van der Waals surface area contributed by atoms with Gasteiger partial charge in [0.15, 0.2) is 5.69 Å². The molecule has 5 heteroatoms. The van der Waals surface area contributed by atoms with Crippen molar-refractivity contribution in [3.05, 3.63) is 57.5 Å². The molecule has 0 fully saturated rings. The van der Waals surface area contributed by atoms with E-state index in [1.54, 1.807) is 11.6 Å². The minimum absolute atomic E-state index is 0.259. The summed E-state index contributed by atoms with van der Waals surface area (Å²) in [6, 6.07) is 9.17. The van der Waals surface area contributed by atoms with Gasteiger partial charge in [-0.2, -0.15) is 5.10 Å². The normalized spacial score (nSPS) is 10.8. The second-order valence-electron chi connectivity index (χ2n) is 4.93. The Kier molecular flexibility index (Phi) is 4.04. The molecular formula is C15H15ClN2O2. The van der Waals surface area contributed by atoms with E-state index in [4.69, 9.17) is 11.6 Å². The van der Waals surface area contributed by atoms with Gasteiger partial charge in [-0.15, -0.1) is 0 Å². The Balaban J connectivity index is 2.54. The van der Waals surface area contributed by atoms with Crippen LogP contribution in [0.4, 0.5) is 0 Å². The number of aryl methyl sites for hydroxylation is 1. The van der Waals surface area contributed by atoms with Gasteiger partial charge in [0.2, 0.25) is 5.43 Å². The van der Waals surface area contributed by atoms with Crippen molar-refractivity contribution in [2.75, 3.05) is 0 Å². The molecule has 0 spiro atoms. The summed E-state index contributed by atoms with van der Waals surface area (Å²) in [4.78, 5) is 22.8. The molecule has 0 aliphatic rings. The SMILES string of the molecule is Cc1cc(=O)c(C(=O)Cl)nn1-c1ccc(C(C)C)cc1. The van der Waals surface area contributed by atoms with Crippen LogP contribution in [-0.4, -0.2) is 15.0 Å². The summed E-state index contributed by atoms with van der Waals surface area (Å²) >= 11 is 5.37. The Bertz CT molecular complexity index is 703. The Labute approximate surface area is 122 Å². The van der Waals surface area contributed by atoms with Crippen LogP contribution in [0.5, 0.6) is 0 Å². The lowest BCUT2D eigenvalue weighted by Crippen LogP contribution is -2.20. The predicted molar refractivity (Wildman–Crippen MR) is 78.8 cm³/mol. The van der Waals surface area contributed by atoms with Crippen molar-refractivity contribution in [2.45, 2.75) is 26.7 Å². The number of rotatable bonds is 3. The molecule has 0 atom stereocenters. The lowest BCUT2D eigenvalue weighted by Gasteiger charge is -2.11. The average Bonchev–Trinajstić information content (AvgIpc) is 2.38. The summed E-state index contributed by atoms with van der Waals surface area (Å²) in [5.41, 5.74) is 1.92. The molecule has 0 bridgehead atoms. The number of aromatic nitrogens is 2. The minimum Gasteiger partial charge on any atom is -0.287 e. The van der Waals surface area contributed by atoms with Gasteiger partial charge >= 0.3 is 0 Å². The van der Waals surface area contributed by atoms with E-state index in [9.17, 15) is 9.59 Å². The fourth-order valence-corrected chi connectivity index (χ4v) is 2.08. The van der Waals surface area contributed by atoms with E-state index < -0.39 is 10.7 Å². The van der Waals surface area contributed by atoms with Crippen LogP contribution in [0.1, 0.15) is 41.5 Å². The molecule has 4 nitrogen and oxygen atoms in total. The Morgan fingerprint density at radius 1 is 1.25 bits per heavy atom. The highest BCUT2D eigenvalue weighted by molar-refractivity contribution is 6.67. The molecule has 1 heterocycles. The second-order valence-corrected chi connectivity index (χ2v) is 5.27. The van der Waals surface area contributed by atoms with E-state index in [2.05, 4.69) is 18.9 Å². The van der Waals surface area contributed by atoms with Crippen LogP contribution in [0, 0.1) is 6.92 Å². The third-order valence-corrected chi connectivity index (χ3v) is 3.28. The molecule has 0 unspecified atom stereocenters. The molecule has 0 aliphatic heterocycles. The van der Waals surface area contributed by atoms with Gasteiger partial charge in [-0.1, -0.05) is 26.0 Å². The monoisotopic (exact) mass is 290 g/mol. The van der Waals surface area contributed by atoms with Crippen LogP contribution < -0.4 is 5.43 Å². The molecule has 0 radical (unpaired) electrons. The number of hydrogen-bond donors (Lipinski definition) is 0. The zero-order valence-corrected chi connectivity index (χ0v) is 12.3. The number of carbonyl (C=O) groups excluding carboxylic acids is 1. The zero-order chi connectivity index (χ0) is 14.9. The van der Waals surface area contributed by atoms with Gasteiger partial charge in [0.25, 0.3) is 5.24 Å². The van der Waals surface area contributed by atoms with Gasteiger partial charge < -0.3 is 0 Å². The number of halogens is 1. The maximum atomic E-state index is 11.6. The quantitative estimate of drug-likeness (QED) is 0.817. The highest BCUT2D eigenvalue weighted by atomic mass is 35.5. The van der Waals surface area contributed by atoms with E-state index in [0.717, 1.165) is 5.69 Å². The van der Waals surface area contributed by atoms with Crippen molar-refractivity contribution in [1.29, 1.82) is 0 Å². The number of carbonyl (C=O) groups is 1. The second kappa shape index (κ2) is 5.59. The van der Waals surface area contributed by atoms with Crippen molar-refractivity contribution in [3.8, 4) is 5.69 Å². The van der Waals surface area contributed by atoms with Crippen molar-refractivity contribution in [1.82, 2.24) is 9.78 Å². The fourth-order valence-electron chi connectivity index (χ4n) is 1.95. The Morgan fingerprint density at radius 2 is 1.85 bits per heavy atom. The van der Waals surface area contributed by atoms with Crippen LogP contribution in [0.15, 0.2) is 35.1 Å². The third-order valence-electron chi connectivity index (χ3n) is 3.10. The molecular weight excluding hydrogens is 276 g/mol. The van der Waals surface area contributed by atoms with Gasteiger partial charge in [0.1, 0.15) is 0 Å². The first-order valence-electron chi connectivity index (χ1n) is 6.31. The standard InChI is InChI=1S/C15H15ClN2O2/c1-9(2)11-4-6-12(7-5-11)18-10(3)8-13(19)14(17-18)15(16)20/h4-9H,1-3H3. The minimum atomic E-state index is -0.845. The average molecular weight is 291 g/mol. The van der Waals surface area contributed by atoms with Gasteiger partial charge in [-0.05, 0) is 42.1 Å². The maximum Gasteiger partial charge on any atom is 0.276 e. The van der Waals surface area contributed by atoms with Crippen LogP contribution >= 0.6 is 11.6 Å². The van der Waals surface area contributed by atoms with Gasteiger partial charge in [-0.25, -0.2) is 4.68 Å². The number of benzene rings is 1. The van der Waals surface area contributed by atoms with E-state index in [1.807, 2.05) is 24.3 Å². The van der Waals surface area contributed by atoms with Crippen LogP contribution in [-0.2, 0) is 0 Å². The van der Waals surface area contributed by atoms with E-state index >= 15 is 0 Å². The predicted octanol–water partition coefficient (Wildman–Crippen LogP) is 3.04. The summed E-state index contributed by atoms with van der Waals surface area (Å²) in [5.74, 6) is 0.437. The zero-order valence-electron chi connectivity index (χ0n) is 11.6. The van der Waals surface area contributed by atoms with E-state index in [-0.39, 0.29) is 5.69 Å². The highest BCUT2D eigenvalue weighted by Crippen LogP contribution is 2.17. The smallest absolute Gasteiger partial charge is 0.276 e. The molecule has 0 N–H and O–H groups in total. The molecule has 1 aromatic heterocycles. The number of hydrogen-bond acceptors (Lipinski definition) is 3. The van der Waals surface area contributed by atoms with Gasteiger partial charge in [-0.3, -0.25) is 9.59 Å². The molecule has 20 heavy (non-hydrogen) atoms. The Hall–Kier alpha value is -1.94. The van der Waals surface area contributed by atoms with Gasteiger partial charge in [0, 0.05) is 11.8 Å². The summed E-state index contributed by atoms with van der Waals surface area (Å²) in [6.07, 6.45) is 0. The topological polar surface area (TPSA) is 52.0 Å². The largest absolute Gasteiger partial charge is 0.287 e. The molecule has 104 valence electrons. The highest BCUT2D eigenvalue weighted by Gasteiger charge is 2.13.